The molecule has 12 heavy (non-hydrogen) atoms. The molecule has 62 valence electrons. The molecule has 0 saturated heterocycles. The fourth-order valence-electron chi connectivity index (χ4n) is 1.04. The zero-order valence-electron chi connectivity index (χ0n) is 5.96. The van der Waals surface area contributed by atoms with Gasteiger partial charge in [0, 0.05) is 6.20 Å². The Morgan fingerprint density at radius 1 is 1.50 bits per heavy atom. The van der Waals surface area contributed by atoms with Gasteiger partial charge in [0.2, 0.25) is 0 Å². The Hall–Kier alpha value is -1.29. The maximum absolute atomic E-state index is 12.7. The van der Waals surface area contributed by atoms with Gasteiger partial charge in [0.05, 0.1) is 11.2 Å². The first-order valence-electron chi connectivity index (χ1n) is 3.26. The number of hydrogen-bond acceptors (Lipinski definition) is 2. The normalized spacial score (nSPS) is 10.8. The van der Waals surface area contributed by atoms with Gasteiger partial charge in [-0.2, -0.15) is 0 Å². The Morgan fingerprint density at radius 2 is 2.25 bits per heavy atom. The Balaban J connectivity index is 2.88. The summed E-state index contributed by atoms with van der Waals surface area (Å²) < 4.78 is 14.2. The van der Waals surface area contributed by atoms with Crippen LogP contribution in [0.2, 0.25) is 5.02 Å². The summed E-state index contributed by atoms with van der Waals surface area (Å²) in [6.45, 7) is 0. The van der Waals surface area contributed by atoms with Gasteiger partial charge in [-0.25, -0.2) is 9.37 Å². The van der Waals surface area contributed by atoms with Crippen LogP contribution in [0.4, 0.5) is 10.2 Å². The highest BCUT2D eigenvalue weighted by Gasteiger charge is 2.04. The number of nitrogens with zero attached hydrogens (tertiary/aromatic N) is 2. The largest absolute Gasteiger partial charge is 0.382 e. The molecule has 3 nitrogen and oxygen atoms in total. The molecule has 2 aromatic rings. The van der Waals surface area contributed by atoms with Gasteiger partial charge in [0.1, 0.15) is 11.6 Å². The lowest BCUT2D eigenvalue weighted by molar-refractivity contribution is 0.619. The van der Waals surface area contributed by atoms with Gasteiger partial charge in [-0.15, -0.1) is 0 Å². The zero-order valence-corrected chi connectivity index (χ0v) is 6.72. The van der Waals surface area contributed by atoms with E-state index in [0.29, 0.717) is 11.5 Å². The zero-order chi connectivity index (χ0) is 8.72. The number of halogens is 2. The van der Waals surface area contributed by atoms with Crippen LogP contribution in [0.5, 0.6) is 0 Å². The van der Waals surface area contributed by atoms with E-state index in [4.69, 9.17) is 17.3 Å². The van der Waals surface area contributed by atoms with Crippen LogP contribution in [0, 0.1) is 5.82 Å². The molecule has 0 aliphatic rings. The summed E-state index contributed by atoms with van der Waals surface area (Å²) in [5.41, 5.74) is 5.86. The molecular weight excluding hydrogens is 181 g/mol. The molecule has 0 unspecified atom stereocenters. The average molecular weight is 186 g/mol. The average Bonchev–Trinajstić information content (AvgIpc) is 2.29. The van der Waals surface area contributed by atoms with Crippen molar-refractivity contribution in [1.29, 1.82) is 0 Å². The van der Waals surface area contributed by atoms with Crippen molar-refractivity contribution in [2.45, 2.75) is 0 Å². The second-order valence-corrected chi connectivity index (χ2v) is 2.81. The highest BCUT2D eigenvalue weighted by molar-refractivity contribution is 6.33. The van der Waals surface area contributed by atoms with Crippen LogP contribution in [0.1, 0.15) is 0 Å². The molecule has 0 atom stereocenters. The van der Waals surface area contributed by atoms with Gasteiger partial charge in [-0.3, -0.25) is 0 Å². The first-order valence-corrected chi connectivity index (χ1v) is 3.64. The number of rotatable bonds is 0. The molecule has 5 heteroatoms. The molecule has 0 saturated carbocycles. The van der Waals surface area contributed by atoms with Crippen LogP contribution in [0.15, 0.2) is 18.5 Å². The van der Waals surface area contributed by atoms with E-state index in [9.17, 15) is 4.39 Å². The highest BCUT2D eigenvalue weighted by atomic mass is 35.5. The van der Waals surface area contributed by atoms with Crippen LogP contribution < -0.4 is 5.73 Å². The standard InChI is InChI=1S/C7H5ClFN3/c8-5-1-4(9)2-12-3-6(10)11-7(5)12/h1-3H,10H2. The SMILES string of the molecule is Nc1cn2cc(F)cc(Cl)c2n1. The van der Waals surface area contributed by atoms with E-state index in [0.717, 1.165) is 0 Å². The van der Waals surface area contributed by atoms with Gasteiger partial charge in [-0.05, 0) is 6.07 Å². The molecule has 0 bridgehead atoms. The Labute approximate surface area is 72.6 Å². The third-order valence-electron chi connectivity index (χ3n) is 1.49. The van der Waals surface area contributed by atoms with E-state index in [1.165, 1.54) is 22.9 Å². The monoisotopic (exact) mass is 185 g/mol. The van der Waals surface area contributed by atoms with Gasteiger partial charge in [-0.1, -0.05) is 11.6 Å². The van der Waals surface area contributed by atoms with Crippen molar-refractivity contribution in [3.8, 4) is 0 Å². The molecule has 0 aliphatic heterocycles. The van der Waals surface area contributed by atoms with Crippen molar-refractivity contribution in [2.75, 3.05) is 5.73 Å². The second-order valence-electron chi connectivity index (χ2n) is 2.40. The summed E-state index contributed by atoms with van der Waals surface area (Å²) in [4.78, 5) is 3.90. The number of anilines is 1. The predicted octanol–water partition coefficient (Wildman–Crippen LogP) is 1.71. The summed E-state index contributed by atoms with van der Waals surface area (Å²) in [6, 6.07) is 1.20. The third-order valence-corrected chi connectivity index (χ3v) is 1.77. The lowest BCUT2D eigenvalue weighted by Gasteiger charge is -1.94. The van der Waals surface area contributed by atoms with E-state index >= 15 is 0 Å². The molecule has 0 aromatic carbocycles. The second kappa shape index (κ2) is 2.35. The Kier molecular flexibility index (Phi) is 1.44. The number of nitrogens with two attached hydrogens (primary N) is 1. The number of aromatic nitrogens is 2. The molecule has 2 aromatic heterocycles. The van der Waals surface area contributed by atoms with E-state index < -0.39 is 5.82 Å². The number of pyridine rings is 1. The number of nitrogen functional groups attached to an aromatic ring is 1. The Bertz CT molecular complexity index is 437. The van der Waals surface area contributed by atoms with Crippen LogP contribution in [0.3, 0.4) is 0 Å². The molecule has 2 heterocycles. The summed E-state index contributed by atoms with van der Waals surface area (Å²) in [6.07, 6.45) is 2.77. The fourth-order valence-corrected chi connectivity index (χ4v) is 1.29. The smallest absolute Gasteiger partial charge is 0.158 e. The van der Waals surface area contributed by atoms with Crippen molar-refractivity contribution in [3.05, 3.63) is 29.3 Å². The van der Waals surface area contributed by atoms with Crippen LogP contribution >= 0.6 is 11.6 Å². The minimum atomic E-state index is -0.412. The molecule has 0 fully saturated rings. The topological polar surface area (TPSA) is 43.3 Å². The molecule has 0 spiro atoms. The number of fused-ring (bicyclic) bond motifs is 1. The highest BCUT2D eigenvalue weighted by Crippen LogP contribution is 2.18. The van der Waals surface area contributed by atoms with Gasteiger partial charge in [0.25, 0.3) is 0 Å². The molecule has 2 N–H and O–H groups in total. The van der Waals surface area contributed by atoms with Crippen molar-refractivity contribution >= 4 is 23.1 Å². The first-order chi connectivity index (χ1) is 5.66. The molecule has 0 amide bonds. The van der Waals surface area contributed by atoms with Crippen molar-refractivity contribution < 1.29 is 4.39 Å². The van der Waals surface area contributed by atoms with Gasteiger partial charge >= 0.3 is 0 Å². The summed E-state index contributed by atoms with van der Waals surface area (Å²) in [5.74, 6) is -0.0904. The predicted molar refractivity (Wildman–Crippen MR) is 44.6 cm³/mol. The van der Waals surface area contributed by atoms with E-state index in [-0.39, 0.29) is 5.02 Å². The minimum Gasteiger partial charge on any atom is -0.382 e. The van der Waals surface area contributed by atoms with Crippen molar-refractivity contribution in [3.63, 3.8) is 0 Å². The lowest BCUT2D eigenvalue weighted by Crippen LogP contribution is -1.86. The van der Waals surface area contributed by atoms with E-state index in [2.05, 4.69) is 4.98 Å². The quantitative estimate of drug-likeness (QED) is 0.679. The van der Waals surface area contributed by atoms with Crippen LogP contribution in [-0.4, -0.2) is 9.38 Å². The maximum atomic E-state index is 12.7. The third kappa shape index (κ3) is 1.00. The molecule has 0 radical (unpaired) electrons. The summed E-state index contributed by atoms with van der Waals surface area (Å²) in [7, 11) is 0. The maximum Gasteiger partial charge on any atom is 0.158 e. The van der Waals surface area contributed by atoms with E-state index in [1.54, 1.807) is 0 Å². The first kappa shape index (κ1) is 7.36. The van der Waals surface area contributed by atoms with Gasteiger partial charge < -0.3 is 10.1 Å². The number of hydrogen-bond donors (Lipinski definition) is 1. The molecular formula is C7H5ClFN3. The summed E-state index contributed by atoms with van der Waals surface area (Å²) >= 11 is 5.70. The minimum absolute atomic E-state index is 0.256. The molecule has 0 aliphatic carbocycles. The number of imidazole rings is 1. The van der Waals surface area contributed by atoms with E-state index in [1.807, 2.05) is 0 Å². The summed E-state index contributed by atoms with van der Waals surface area (Å²) in [5, 5.41) is 0.256. The molecule has 2 rings (SSSR count). The fraction of sp³-hybridized carbons (Fsp3) is 0. The van der Waals surface area contributed by atoms with Crippen LogP contribution in [-0.2, 0) is 0 Å². The van der Waals surface area contributed by atoms with Crippen LogP contribution in [0.25, 0.3) is 5.65 Å². The van der Waals surface area contributed by atoms with Crippen molar-refractivity contribution in [1.82, 2.24) is 9.38 Å². The lowest BCUT2D eigenvalue weighted by atomic mass is 10.4. The Morgan fingerprint density at radius 3 is 3.00 bits per heavy atom. The van der Waals surface area contributed by atoms with Crippen molar-refractivity contribution in [2.24, 2.45) is 0 Å². The van der Waals surface area contributed by atoms with Gasteiger partial charge in [0.15, 0.2) is 5.65 Å².